The van der Waals surface area contributed by atoms with Gasteiger partial charge in [-0.1, -0.05) is 6.07 Å². The summed E-state index contributed by atoms with van der Waals surface area (Å²) in [6.07, 6.45) is 1.23. The van der Waals surface area contributed by atoms with Crippen molar-refractivity contribution in [2.24, 2.45) is 0 Å². The van der Waals surface area contributed by atoms with E-state index in [-0.39, 0.29) is 41.7 Å². The molecule has 3 N–H and O–H groups in total. The van der Waals surface area contributed by atoms with Gasteiger partial charge >= 0.3 is 5.97 Å². The highest BCUT2D eigenvalue weighted by molar-refractivity contribution is 8.00. The summed E-state index contributed by atoms with van der Waals surface area (Å²) in [6.45, 7) is 0.765. The molecule has 29 heavy (non-hydrogen) atoms. The summed E-state index contributed by atoms with van der Waals surface area (Å²) < 4.78 is 11.7. The van der Waals surface area contributed by atoms with E-state index < -0.39 is 5.97 Å². The first-order valence-electron chi connectivity index (χ1n) is 9.06. The summed E-state index contributed by atoms with van der Waals surface area (Å²) in [6, 6.07) is 5.47. The first-order chi connectivity index (χ1) is 14.1. The Kier molecular flexibility index (Phi) is 6.28. The number of fused-ring (bicyclic) bond motifs is 1. The zero-order valence-electron chi connectivity index (χ0n) is 15.3. The first kappa shape index (κ1) is 20.1. The molecule has 0 unspecified atom stereocenters. The largest absolute Gasteiger partial charge is 0.481 e. The van der Waals surface area contributed by atoms with Gasteiger partial charge in [0.05, 0.1) is 47.4 Å². The Morgan fingerprint density at radius 3 is 2.76 bits per heavy atom. The molecule has 0 spiro atoms. The van der Waals surface area contributed by atoms with Crippen LogP contribution in [-0.2, 0) is 19.1 Å². The number of rotatable bonds is 8. The molecule has 0 saturated carbocycles. The third kappa shape index (κ3) is 4.86. The Balaban J connectivity index is 1.32. The highest BCUT2D eigenvalue weighted by atomic mass is 32.2. The molecule has 0 radical (unpaired) electrons. The molecule has 2 aliphatic heterocycles. The number of nitrogens with one attached hydrogen (secondary N) is 2. The van der Waals surface area contributed by atoms with E-state index in [1.54, 1.807) is 17.5 Å². The first-order valence-corrected chi connectivity index (χ1v) is 11.1. The van der Waals surface area contributed by atoms with Gasteiger partial charge in [-0.05, 0) is 17.5 Å². The maximum atomic E-state index is 12.0. The fourth-order valence-corrected chi connectivity index (χ4v) is 4.62. The number of ether oxygens (including phenoxy) is 2. The standard InChI is InChI=1S/C18H20N4O5S2/c23-14(8-28-9-15(24)25)20-11-6-26-17-12(7-27-16(11)17)22-18-19-4-3-10(21-18)13-2-1-5-29-13/h1-5,11-12,16-17H,6-9H2,(H,20,23)(H,24,25)(H,19,21,22)/t11-,12-,16+,17+/m0/s1. The van der Waals surface area contributed by atoms with Gasteiger partial charge in [0.1, 0.15) is 12.2 Å². The van der Waals surface area contributed by atoms with Gasteiger partial charge in [-0.15, -0.1) is 23.1 Å². The van der Waals surface area contributed by atoms with Crippen molar-refractivity contribution in [3.8, 4) is 10.6 Å². The average molecular weight is 437 g/mol. The lowest BCUT2D eigenvalue weighted by Crippen LogP contribution is -2.45. The SMILES string of the molecule is O=C(O)CSCC(=O)N[C@H]1CO[C@H]2[C@@H]1OC[C@@H]2Nc1nccc(-c2cccs2)n1. The molecule has 1 amide bonds. The molecule has 0 aromatic carbocycles. The van der Waals surface area contributed by atoms with E-state index in [4.69, 9.17) is 14.6 Å². The fraction of sp³-hybridized carbons (Fsp3) is 0.444. The second kappa shape index (κ2) is 9.08. The van der Waals surface area contributed by atoms with Crippen LogP contribution in [0.25, 0.3) is 10.6 Å². The minimum absolute atomic E-state index is 0.0885. The van der Waals surface area contributed by atoms with Crippen LogP contribution in [0.1, 0.15) is 0 Å². The van der Waals surface area contributed by atoms with E-state index in [1.807, 2.05) is 23.6 Å². The lowest BCUT2D eigenvalue weighted by Gasteiger charge is -2.18. The van der Waals surface area contributed by atoms with Crippen LogP contribution in [0.2, 0.25) is 0 Å². The van der Waals surface area contributed by atoms with E-state index in [2.05, 4.69) is 20.6 Å². The molecule has 2 fully saturated rings. The summed E-state index contributed by atoms with van der Waals surface area (Å²) >= 11 is 2.67. The average Bonchev–Trinajstić information content (AvgIpc) is 3.42. The molecular weight excluding hydrogens is 416 g/mol. The van der Waals surface area contributed by atoms with Crippen molar-refractivity contribution in [2.75, 3.05) is 30.0 Å². The van der Waals surface area contributed by atoms with Gasteiger partial charge in [0, 0.05) is 6.20 Å². The van der Waals surface area contributed by atoms with Crippen LogP contribution < -0.4 is 10.6 Å². The molecular formula is C18H20N4O5S2. The van der Waals surface area contributed by atoms with Gasteiger partial charge < -0.3 is 25.2 Å². The van der Waals surface area contributed by atoms with E-state index in [0.717, 1.165) is 22.3 Å². The Labute approximate surface area is 175 Å². The normalized spacial score (nSPS) is 25.5. The number of amides is 1. The zero-order chi connectivity index (χ0) is 20.2. The van der Waals surface area contributed by atoms with Crippen molar-refractivity contribution in [3.05, 3.63) is 29.8 Å². The Bertz CT molecular complexity index is 866. The van der Waals surface area contributed by atoms with Gasteiger partial charge in [0.15, 0.2) is 0 Å². The molecule has 4 rings (SSSR count). The zero-order valence-corrected chi connectivity index (χ0v) is 16.9. The van der Waals surface area contributed by atoms with Crippen LogP contribution in [-0.4, -0.2) is 76.0 Å². The van der Waals surface area contributed by atoms with Crippen molar-refractivity contribution >= 4 is 40.9 Å². The molecule has 9 nitrogen and oxygen atoms in total. The number of aromatic nitrogens is 2. The van der Waals surface area contributed by atoms with Crippen LogP contribution in [0, 0.1) is 0 Å². The molecule has 0 bridgehead atoms. The summed E-state index contributed by atoms with van der Waals surface area (Å²) in [5.74, 6) is -0.673. The summed E-state index contributed by atoms with van der Waals surface area (Å²) in [7, 11) is 0. The molecule has 2 aliphatic rings. The Hall–Kier alpha value is -2.21. The molecule has 11 heteroatoms. The number of carboxylic acids is 1. The molecule has 4 atom stereocenters. The van der Waals surface area contributed by atoms with Crippen molar-refractivity contribution in [1.29, 1.82) is 0 Å². The highest BCUT2D eigenvalue weighted by Crippen LogP contribution is 2.29. The number of nitrogens with zero attached hydrogens (tertiary/aromatic N) is 2. The number of hydrogen-bond donors (Lipinski definition) is 3. The Morgan fingerprint density at radius 1 is 1.21 bits per heavy atom. The number of aliphatic carboxylic acids is 1. The predicted molar refractivity (Wildman–Crippen MR) is 109 cm³/mol. The number of carbonyl (C=O) groups excluding carboxylic acids is 1. The molecule has 4 heterocycles. The molecule has 0 aliphatic carbocycles. The Morgan fingerprint density at radius 2 is 2.00 bits per heavy atom. The fourth-order valence-electron chi connectivity index (χ4n) is 3.38. The van der Waals surface area contributed by atoms with E-state index in [1.165, 1.54) is 0 Å². The lowest BCUT2D eigenvalue weighted by molar-refractivity contribution is -0.133. The van der Waals surface area contributed by atoms with Gasteiger partial charge in [-0.2, -0.15) is 0 Å². The number of carbonyl (C=O) groups is 2. The van der Waals surface area contributed by atoms with Crippen molar-refractivity contribution < 1.29 is 24.2 Å². The quantitative estimate of drug-likeness (QED) is 0.558. The molecule has 2 saturated heterocycles. The maximum Gasteiger partial charge on any atom is 0.313 e. The van der Waals surface area contributed by atoms with E-state index in [9.17, 15) is 9.59 Å². The second-order valence-electron chi connectivity index (χ2n) is 6.65. The maximum absolute atomic E-state index is 12.0. The van der Waals surface area contributed by atoms with Crippen LogP contribution in [0.15, 0.2) is 29.8 Å². The highest BCUT2D eigenvalue weighted by Gasteiger charge is 2.48. The van der Waals surface area contributed by atoms with Crippen molar-refractivity contribution in [3.63, 3.8) is 0 Å². The number of carboxylic acid groups (broad SMARTS) is 1. The summed E-state index contributed by atoms with van der Waals surface area (Å²) in [5.41, 5.74) is 0.851. The van der Waals surface area contributed by atoms with Gasteiger partial charge in [0.25, 0.3) is 0 Å². The van der Waals surface area contributed by atoms with E-state index >= 15 is 0 Å². The third-order valence-electron chi connectivity index (χ3n) is 4.60. The van der Waals surface area contributed by atoms with Crippen molar-refractivity contribution in [2.45, 2.75) is 24.3 Å². The second-order valence-corrected chi connectivity index (χ2v) is 8.58. The molecule has 154 valence electrons. The van der Waals surface area contributed by atoms with Gasteiger partial charge in [-0.3, -0.25) is 9.59 Å². The summed E-state index contributed by atoms with van der Waals surface area (Å²) in [5, 5.41) is 16.8. The third-order valence-corrected chi connectivity index (χ3v) is 6.41. The summed E-state index contributed by atoms with van der Waals surface area (Å²) in [4.78, 5) is 32.5. The monoisotopic (exact) mass is 436 g/mol. The lowest BCUT2D eigenvalue weighted by atomic mass is 10.1. The van der Waals surface area contributed by atoms with Gasteiger partial charge in [0.2, 0.25) is 11.9 Å². The number of hydrogen-bond acceptors (Lipinski definition) is 9. The minimum atomic E-state index is -0.939. The van der Waals surface area contributed by atoms with Gasteiger partial charge in [-0.25, -0.2) is 9.97 Å². The molecule has 2 aromatic rings. The number of thiophene rings is 1. The van der Waals surface area contributed by atoms with E-state index in [0.29, 0.717) is 19.2 Å². The smallest absolute Gasteiger partial charge is 0.313 e. The number of anilines is 1. The van der Waals surface area contributed by atoms with Crippen LogP contribution in [0.4, 0.5) is 5.95 Å². The van der Waals surface area contributed by atoms with Crippen LogP contribution >= 0.6 is 23.1 Å². The minimum Gasteiger partial charge on any atom is -0.481 e. The topological polar surface area (TPSA) is 123 Å². The molecule has 2 aromatic heterocycles. The van der Waals surface area contributed by atoms with Crippen LogP contribution in [0.3, 0.4) is 0 Å². The predicted octanol–water partition coefficient (Wildman–Crippen LogP) is 1.09. The number of thioether (sulfide) groups is 1. The van der Waals surface area contributed by atoms with Crippen LogP contribution in [0.5, 0.6) is 0 Å². The van der Waals surface area contributed by atoms with Crippen molar-refractivity contribution in [1.82, 2.24) is 15.3 Å².